The first kappa shape index (κ1) is 15.3. The van der Waals surface area contributed by atoms with Gasteiger partial charge >= 0.3 is 11.7 Å². The molecule has 1 N–H and O–H groups in total. The van der Waals surface area contributed by atoms with Crippen molar-refractivity contribution in [2.24, 2.45) is 19.5 Å². The number of aliphatic carboxylic acids is 1. The third-order valence-corrected chi connectivity index (χ3v) is 4.31. The Bertz CT molecular complexity index is 678. The molecule has 2 heterocycles. The average molecular weight is 296 g/mol. The molecule has 1 fully saturated rings. The molecule has 116 valence electrons. The Hall–Kier alpha value is -2.12. The monoisotopic (exact) mass is 296 g/mol. The van der Waals surface area contributed by atoms with E-state index in [-0.39, 0.29) is 12.4 Å². The van der Waals surface area contributed by atoms with E-state index >= 15 is 0 Å². The number of aromatic nitrogens is 3. The number of carboxylic acids is 1. The van der Waals surface area contributed by atoms with Gasteiger partial charge < -0.3 is 10.0 Å². The Morgan fingerprint density at radius 2 is 2.05 bits per heavy atom. The van der Waals surface area contributed by atoms with E-state index in [0.717, 1.165) is 9.25 Å². The van der Waals surface area contributed by atoms with Gasteiger partial charge in [-0.15, -0.1) is 5.10 Å². The van der Waals surface area contributed by atoms with E-state index in [9.17, 15) is 19.5 Å². The van der Waals surface area contributed by atoms with E-state index in [1.54, 1.807) is 4.90 Å². The summed E-state index contributed by atoms with van der Waals surface area (Å²) < 4.78 is 2.09. The van der Waals surface area contributed by atoms with Gasteiger partial charge in [0.15, 0.2) is 0 Å². The van der Waals surface area contributed by atoms with Crippen LogP contribution in [0.4, 0.5) is 5.82 Å². The number of nitrogens with zero attached hydrogens (tertiary/aromatic N) is 4. The molecular formula is C13H20N4O4. The molecule has 21 heavy (non-hydrogen) atoms. The zero-order valence-electron chi connectivity index (χ0n) is 12.5. The lowest BCUT2D eigenvalue weighted by Gasteiger charge is -2.39. The topological polar surface area (TPSA) is 97.4 Å². The summed E-state index contributed by atoms with van der Waals surface area (Å²) in [5.74, 6) is -0.713. The van der Waals surface area contributed by atoms with Crippen LogP contribution in [0.3, 0.4) is 0 Å². The molecule has 8 heteroatoms. The van der Waals surface area contributed by atoms with Gasteiger partial charge in [0, 0.05) is 27.2 Å². The van der Waals surface area contributed by atoms with Gasteiger partial charge in [-0.2, -0.15) is 0 Å². The third kappa shape index (κ3) is 2.45. The van der Waals surface area contributed by atoms with Crippen LogP contribution in [0.25, 0.3) is 0 Å². The zero-order valence-corrected chi connectivity index (χ0v) is 12.5. The number of hydrogen-bond acceptors (Lipinski definition) is 5. The predicted molar refractivity (Wildman–Crippen MR) is 76.5 cm³/mol. The van der Waals surface area contributed by atoms with Gasteiger partial charge in [-0.3, -0.25) is 14.2 Å². The highest BCUT2D eigenvalue weighted by Crippen LogP contribution is 2.34. The minimum atomic E-state index is -0.861. The van der Waals surface area contributed by atoms with E-state index in [2.05, 4.69) is 5.10 Å². The Morgan fingerprint density at radius 1 is 1.38 bits per heavy atom. The highest BCUT2D eigenvalue weighted by atomic mass is 16.4. The molecule has 0 amide bonds. The lowest BCUT2D eigenvalue weighted by Crippen LogP contribution is -2.51. The maximum absolute atomic E-state index is 12.2. The normalized spacial score (nSPS) is 22.3. The van der Waals surface area contributed by atoms with E-state index < -0.39 is 22.6 Å². The number of anilines is 1. The summed E-state index contributed by atoms with van der Waals surface area (Å²) in [5, 5.41) is 13.5. The van der Waals surface area contributed by atoms with Gasteiger partial charge in [-0.25, -0.2) is 9.48 Å². The largest absolute Gasteiger partial charge is 0.481 e. The number of carboxylic acid groups (broad SMARTS) is 1. The summed E-state index contributed by atoms with van der Waals surface area (Å²) in [6.07, 6.45) is 1.75. The molecule has 0 bridgehead atoms. The van der Waals surface area contributed by atoms with Crippen LogP contribution in [0.2, 0.25) is 0 Å². The Kier molecular flexibility index (Phi) is 3.89. The van der Waals surface area contributed by atoms with Crippen LogP contribution in [-0.4, -0.2) is 38.5 Å². The standard InChI is InChI=1S/C13H20N4O4/c1-4-13(11(19)20)6-5-7-17(8-13)9-10(18)15(2)12(21)16(3)14-9/h4-8H2,1-3H3,(H,19,20). The first-order chi connectivity index (χ1) is 9.82. The van der Waals surface area contributed by atoms with Gasteiger partial charge in [-0.1, -0.05) is 6.92 Å². The van der Waals surface area contributed by atoms with E-state index in [0.29, 0.717) is 25.8 Å². The minimum Gasteiger partial charge on any atom is -0.481 e. The smallest absolute Gasteiger partial charge is 0.346 e. The van der Waals surface area contributed by atoms with E-state index in [1.807, 2.05) is 6.92 Å². The van der Waals surface area contributed by atoms with Gasteiger partial charge in [-0.05, 0) is 19.3 Å². The van der Waals surface area contributed by atoms with Gasteiger partial charge in [0.25, 0.3) is 5.56 Å². The van der Waals surface area contributed by atoms with Crippen LogP contribution in [0.5, 0.6) is 0 Å². The number of aryl methyl sites for hydroxylation is 1. The fourth-order valence-electron chi connectivity index (χ4n) is 2.81. The molecule has 1 atom stereocenters. The van der Waals surface area contributed by atoms with Crippen molar-refractivity contribution in [3.63, 3.8) is 0 Å². The molecule has 0 aliphatic carbocycles. The van der Waals surface area contributed by atoms with E-state index in [4.69, 9.17) is 0 Å². The zero-order chi connectivity index (χ0) is 15.8. The summed E-state index contributed by atoms with van der Waals surface area (Å²) in [6.45, 7) is 2.64. The van der Waals surface area contributed by atoms with Gasteiger partial charge in [0.05, 0.1) is 5.41 Å². The molecule has 0 radical (unpaired) electrons. The number of piperidine rings is 1. The number of hydrogen-bond donors (Lipinski definition) is 1. The SMILES string of the molecule is CCC1(C(=O)O)CCCN(c2nn(C)c(=O)n(C)c2=O)C1. The summed E-state index contributed by atoms with van der Waals surface area (Å²) in [5.41, 5.74) is -1.85. The summed E-state index contributed by atoms with van der Waals surface area (Å²) in [7, 11) is 2.86. The van der Waals surface area contributed by atoms with Gasteiger partial charge in [0.1, 0.15) is 0 Å². The van der Waals surface area contributed by atoms with Crippen LogP contribution < -0.4 is 16.1 Å². The predicted octanol–water partition coefficient (Wildman–Crippen LogP) is -0.440. The molecule has 1 aromatic rings. The van der Waals surface area contributed by atoms with Crippen LogP contribution in [0, 0.1) is 5.41 Å². The van der Waals surface area contributed by atoms with Gasteiger partial charge in [0.2, 0.25) is 5.82 Å². The molecule has 1 aliphatic rings. The van der Waals surface area contributed by atoms with Crippen molar-refractivity contribution in [1.29, 1.82) is 0 Å². The first-order valence-electron chi connectivity index (χ1n) is 6.95. The van der Waals surface area contributed by atoms with Crippen molar-refractivity contribution in [2.75, 3.05) is 18.0 Å². The highest BCUT2D eigenvalue weighted by molar-refractivity contribution is 5.75. The van der Waals surface area contributed by atoms with Crippen molar-refractivity contribution < 1.29 is 9.90 Å². The lowest BCUT2D eigenvalue weighted by molar-refractivity contribution is -0.149. The van der Waals surface area contributed by atoms with Crippen LogP contribution in [-0.2, 0) is 18.9 Å². The molecule has 0 aromatic carbocycles. The van der Waals surface area contributed by atoms with Crippen molar-refractivity contribution in [3.8, 4) is 0 Å². The van der Waals surface area contributed by atoms with E-state index in [1.165, 1.54) is 14.1 Å². The quantitative estimate of drug-likeness (QED) is 0.812. The van der Waals surface area contributed by atoms with Crippen LogP contribution >= 0.6 is 0 Å². The number of rotatable bonds is 3. The molecule has 1 saturated heterocycles. The maximum Gasteiger partial charge on any atom is 0.346 e. The fourth-order valence-corrected chi connectivity index (χ4v) is 2.81. The van der Waals surface area contributed by atoms with Crippen LogP contribution in [0.1, 0.15) is 26.2 Å². The Balaban J connectivity index is 2.46. The average Bonchev–Trinajstić information content (AvgIpc) is 2.48. The summed E-state index contributed by atoms with van der Waals surface area (Å²) in [6, 6.07) is 0. The highest BCUT2D eigenvalue weighted by Gasteiger charge is 2.41. The second kappa shape index (κ2) is 5.34. The molecule has 0 saturated carbocycles. The van der Waals surface area contributed by atoms with Crippen molar-refractivity contribution in [3.05, 3.63) is 20.8 Å². The second-order valence-electron chi connectivity index (χ2n) is 5.56. The Labute approximate surface area is 121 Å². The Morgan fingerprint density at radius 3 is 2.62 bits per heavy atom. The third-order valence-electron chi connectivity index (χ3n) is 4.31. The fraction of sp³-hybridized carbons (Fsp3) is 0.692. The molecule has 2 rings (SSSR count). The second-order valence-corrected chi connectivity index (χ2v) is 5.56. The summed E-state index contributed by atoms with van der Waals surface area (Å²) >= 11 is 0. The lowest BCUT2D eigenvalue weighted by atomic mass is 9.77. The van der Waals surface area contributed by atoms with Crippen molar-refractivity contribution in [2.45, 2.75) is 26.2 Å². The van der Waals surface area contributed by atoms with Crippen LogP contribution in [0.15, 0.2) is 9.59 Å². The molecule has 1 aromatic heterocycles. The molecule has 8 nitrogen and oxygen atoms in total. The van der Waals surface area contributed by atoms with Crippen molar-refractivity contribution in [1.82, 2.24) is 14.3 Å². The molecule has 1 aliphatic heterocycles. The number of carbonyl (C=O) groups is 1. The molecule has 0 spiro atoms. The summed E-state index contributed by atoms with van der Waals surface area (Å²) in [4.78, 5) is 37.1. The van der Waals surface area contributed by atoms with Crippen molar-refractivity contribution >= 4 is 11.8 Å². The molecule has 1 unspecified atom stereocenters. The first-order valence-corrected chi connectivity index (χ1v) is 6.95. The maximum atomic E-state index is 12.2. The minimum absolute atomic E-state index is 0.137. The molecular weight excluding hydrogens is 276 g/mol.